The van der Waals surface area contributed by atoms with Gasteiger partial charge in [0.05, 0.1) is 17.9 Å². The number of benzene rings is 1. The molecule has 0 N–H and O–H groups in total. The van der Waals surface area contributed by atoms with E-state index in [1.807, 2.05) is 30.6 Å². The molecule has 2 aromatic heterocycles. The van der Waals surface area contributed by atoms with E-state index in [2.05, 4.69) is 21.0 Å². The molecule has 4 heteroatoms. The molecular formula is C19H14FN3. The number of aromatic nitrogens is 2. The quantitative estimate of drug-likeness (QED) is 0.712. The minimum atomic E-state index is -0.224. The third-order valence-corrected chi connectivity index (χ3v) is 4.04. The molecule has 3 heterocycles. The molecule has 3 nitrogen and oxygen atoms in total. The standard InChI is InChI=1S/C19H14FN3/c1-12-4-5-13(8-17(12)20)19-16(3-2-6-22-19)14-7-15-9-21-11-18(15)23-10-14/h2-10H,11H2,1H3. The van der Waals surface area contributed by atoms with Crippen molar-refractivity contribution in [2.75, 3.05) is 0 Å². The zero-order chi connectivity index (χ0) is 15.8. The second-order valence-corrected chi connectivity index (χ2v) is 5.59. The number of fused-ring (bicyclic) bond motifs is 1. The molecule has 0 atom stereocenters. The molecule has 112 valence electrons. The van der Waals surface area contributed by atoms with Gasteiger partial charge in [0.1, 0.15) is 5.82 Å². The van der Waals surface area contributed by atoms with Crippen LogP contribution in [0.4, 0.5) is 4.39 Å². The van der Waals surface area contributed by atoms with E-state index in [4.69, 9.17) is 0 Å². The summed E-state index contributed by atoms with van der Waals surface area (Å²) >= 11 is 0. The minimum Gasteiger partial charge on any atom is -0.286 e. The van der Waals surface area contributed by atoms with Gasteiger partial charge in [0.2, 0.25) is 0 Å². The zero-order valence-corrected chi connectivity index (χ0v) is 12.6. The number of pyridine rings is 2. The van der Waals surface area contributed by atoms with Crippen LogP contribution in [0.2, 0.25) is 0 Å². The van der Waals surface area contributed by atoms with Crippen LogP contribution in [-0.4, -0.2) is 16.2 Å². The van der Waals surface area contributed by atoms with Crippen molar-refractivity contribution in [1.29, 1.82) is 0 Å². The number of hydrogen-bond donors (Lipinski definition) is 0. The van der Waals surface area contributed by atoms with Crippen LogP contribution in [-0.2, 0) is 6.54 Å². The number of rotatable bonds is 2. The molecule has 1 aliphatic rings. The van der Waals surface area contributed by atoms with Gasteiger partial charge < -0.3 is 0 Å². The normalized spacial score (nSPS) is 12.4. The number of hydrogen-bond acceptors (Lipinski definition) is 3. The Hall–Kier alpha value is -2.88. The Kier molecular flexibility index (Phi) is 3.23. The largest absolute Gasteiger partial charge is 0.286 e. The molecule has 0 bridgehead atoms. The molecule has 4 rings (SSSR count). The van der Waals surface area contributed by atoms with Crippen molar-refractivity contribution < 1.29 is 4.39 Å². The summed E-state index contributed by atoms with van der Waals surface area (Å²) in [7, 11) is 0. The topological polar surface area (TPSA) is 38.1 Å². The Balaban J connectivity index is 1.87. The summed E-state index contributed by atoms with van der Waals surface area (Å²) in [4.78, 5) is 13.2. The van der Waals surface area contributed by atoms with Crippen molar-refractivity contribution in [2.24, 2.45) is 4.99 Å². The van der Waals surface area contributed by atoms with Crippen molar-refractivity contribution in [2.45, 2.75) is 13.5 Å². The molecule has 0 spiro atoms. The SMILES string of the molecule is Cc1ccc(-c2ncccc2-c2cnc3c(c2)C=NC3)cc1F. The fourth-order valence-corrected chi connectivity index (χ4v) is 2.74. The van der Waals surface area contributed by atoms with Crippen molar-refractivity contribution >= 4 is 6.21 Å². The molecule has 0 amide bonds. The summed E-state index contributed by atoms with van der Waals surface area (Å²) in [5.41, 5.74) is 6.06. The summed E-state index contributed by atoms with van der Waals surface area (Å²) in [6.45, 7) is 2.39. The maximum atomic E-state index is 13.9. The number of halogens is 1. The van der Waals surface area contributed by atoms with E-state index in [0.717, 1.165) is 33.6 Å². The van der Waals surface area contributed by atoms with Crippen LogP contribution in [0.5, 0.6) is 0 Å². The van der Waals surface area contributed by atoms with Gasteiger partial charge in [-0.3, -0.25) is 15.0 Å². The highest BCUT2D eigenvalue weighted by Crippen LogP contribution is 2.31. The Bertz CT molecular complexity index is 932. The van der Waals surface area contributed by atoms with E-state index in [0.29, 0.717) is 12.1 Å². The van der Waals surface area contributed by atoms with Crippen LogP contribution < -0.4 is 0 Å². The van der Waals surface area contributed by atoms with Crippen LogP contribution >= 0.6 is 0 Å². The summed E-state index contributed by atoms with van der Waals surface area (Å²) in [5, 5.41) is 0. The first-order chi connectivity index (χ1) is 11.2. The molecular weight excluding hydrogens is 289 g/mol. The van der Waals surface area contributed by atoms with Crippen LogP contribution in [0.1, 0.15) is 16.8 Å². The molecule has 1 aromatic carbocycles. The van der Waals surface area contributed by atoms with E-state index in [1.165, 1.54) is 6.07 Å². The highest BCUT2D eigenvalue weighted by molar-refractivity contribution is 5.88. The molecule has 1 aliphatic heterocycles. The smallest absolute Gasteiger partial charge is 0.126 e. The van der Waals surface area contributed by atoms with Crippen LogP contribution in [0.15, 0.2) is 53.8 Å². The predicted octanol–water partition coefficient (Wildman–Crippen LogP) is 4.19. The second kappa shape index (κ2) is 5.39. The monoisotopic (exact) mass is 303 g/mol. The Morgan fingerprint density at radius 1 is 1.04 bits per heavy atom. The average Bonchev–Trinajstić information content (AvgIpc) is 3.05. The highest BCUT2D eigenvalue weighted by atomic mass is 19.1. The van der Waals surface area contributed by atoms with Gasteiger partial charge in [0.25, 0.3) is 0 Å². The van der Waals surface area contributed by atoms with Gasteiger partial charge in [-0.05, 0) is 30.7 Å². The number of aryl methyl sites for hydroxylation is 1. The summed E-state index contributed by atoms with van der Waals surface area (Å²) < 4.78 is 13.9. The molecule has 0 saturated heterocycles. The fourth-order valence-electron chi connectivity index (χ4n) is 2.74. The summed E-state index contributed by atoms with van der Waals surface area (Å²) in [6, 6.07) is 11.1. The molecule has 0 saturated carbocycles. The predicted molar refractivity (Wildman–Crippen MR) is 88.9 cm³/mol. The Morgan fingerprint density at radius 2 is 1.96 bits per heavy atom. The fraction of sp³-hybridized carbons (Fsp3) is 0.105. The van der Waals surface area contributed by atoms with Gasteiger partial charge in [-0.2, -0.15) is 0 Å². The third kappa shape index (κ3) is 2.42. The van der Waals surface area contributed by atoms with Crippen LogP contribution in [0.3, 0.4) is 0 Å². The van der Waals surface area contributed by atoms with Gasteiger partial charge in [0.15, 0.2) is 0 Å². The van der Waals surface area contributed by atoms with E-state index in [1.54, 1.807) is 19.2 Å². The maximum Gasteiger partial charge on any atom is 0.126 e. The first-order valence-electron chi connectivity index (χ1n) is 7.43. The number of aliphatic imine (C=N–C) groups is 1. The van der Waals surface area contributed by atoms with E-state index >= 15 is 0 Å². The molecule has 0 radical (unpaired) electrons. The van der Waals surface area contributed by atoms with Crippen LogP contribution in [0.25, 0.3) is 22.4 Å². The molecule has 23 heavy (non-hydrogen) atoms. The summed E-state index contributed by atoms with van der Waals surface area (Å²) in [5.74, 6) is -0.224. The lowest BCUT2D eigenvalue weighted by molar-refractivity contribution is 0.619. The van der Waals surface area contributed by atoms with Crippen LogP contribution in [0, 0.1) is 12.7 Å². The lowest BCUT2D eigenvalue weighted by atomic mass is 9.98. The van der Waals surface area contributed by atoms with Gasteiger partial charge in [-0.1, -0.05) is 18.2 Å². The Labute approximate surface area is 133 Å². The van der Waals surface area contributed by atoms with Gasteiger partial charge in [0, 0.05) is 40.9 Å². The number of nitrogens with zero attached hydrogens (tertiary/aromatic N) is 3. The first-order valence-corrected chi connectivity index (χ1v) is 7.43. The molecule has 0 aliphatic carbocycles. The van der Waals surface area contributed by atoms with Crippen molar-refractivity contribution in [3.8, 4) is 22.4 Å². The maximum absolute atomic E-state index is 13.9. The Morgan fingerprint density at radius 3 is 2.83 bits per heavy atom. The molecule has 3 aromatic rings. The van der Waals surface area contributed by atoms with Gasteiger partial charge in [-0.25, -0.2) is 4.39 Å². The van der Waals surface area contributed by atoms with E-state index in [-0.39, 0.29) is 5.82 Å². The average molecular weight is 303 g/mol. The lowest BCUT2D eigenvalue weighted by Gasteiger charge is -2.10. The minimum absolute atomic E-state index is 0.224. The molecule has 0 unspecified atom stereocenters. The zero-order valence-electron chi connectivity index (χ0n) is 12.6. The summed E-state index contributed by atoms with van der Waals surface area (Å²) in [6.07, 6.45) is 5.39. The molecule has 0 fully saturated rings. The van der Waals surface area contributed by atoms with Gasteiger partial charge in [-0.15, -0.1) is 0 Å². The second-order valence-electron chi connectivity index (χ2n) is 5.59. The lowest BCUT2D eigenvalue weighted by Crippen LogP contribution is -1.94. The van der Waals surface area contributed by atoms with Crippen molar-refractivity contribution in [1.82, 2.24) is 9.97 Å². The highest BCUT2D eigenvalue weighted by Gasteiger charge is 2.14. The van der Waals surface area contributed by atoms with E-state index < -0.39 is 0 Å². The van der Waals surface area contributed by atoms with Crippen molar-refractivity contribution in [3.63, 3.8) is 0 Å². The van der Waals surface area contributed by atoms with Crippen molar-refractivity contribution in [3.05, 3.63) is 71.4 Å². The third-order valence-electron chi connectivity index (χ3n) is 4.04. The van der Waals surface area contributed by atoms with Gasteiger partial charge >= 0.3 is 0 Å². The van der Waals surface area contributed by atoms with E-state index in [9.17, 15) is 4.39 Å². The first kappa shape index (κ1) is 13.8.